The number of rotatable bonds is 5. The summed E-state index contributed by atoms with van der Waals surface area (Å²) in [5, 5.41) is 0. The van der Waals surface area contributed by atoms with Gasteiger partial charge in [-0.2, -0.15) is 0 Å². The van der Waals surface area contributed by atoms with Gasteiger partial charge in [-0.15, -0.1) is 6.42 Å². The van der Waals surface area contributed by atoms with Gasteiger partial charge in [-0.05, 0) is 48.0 Å². The van der Waals surface area contributed by atoms with Crippen molar-refractivity contribution in [3.8, 4) is 18.1 Å². The molecule has 2 aromatic carbocycles. The van der Waals surface area contributed by atoms with E-state index in [-0.39, 0.29) is 12.4 Å². The lowest BCUT2D eigenvalue weighted by molar-refractivity contribution is 0.104. The van der Waals surface area contributed by atoms with Crippen molar-refractivity contribution >= 4 is 27.8 Å². The van der Waals surface area contributed by atoms with E-state index in [1.165, 1.54) is 0 Å². The Morgan fingerprint density at radius 3 is 2.43 bits per heavy atom. The average Bonchev–Trinajstić information content (AvgIpc) is 2.52. The molecule has 0 saturated heterocycles. The summed E-state index contributed by atoms with van der Waals surface area (Å²) in [6.07, 6.45) is 8.45. The van der Waals surface area contributed by atoms with Crippen LogP contribution in [-0.4, -0.2) is 12.4 Å². The minimum absolute atomic E-state index is 0.0323. The summed E-state index contributed by atoms with van der Waals surface area (Å²) >= 11 is 3.34. The predicted molar refractivity (Wildman–Crippen MR) is 88.3 cm³/mol. The van der Waals surface area contributed by atoms with E-state index < -0.39 is 0 Å². The molecular formula is C18H13BrO2. The largest absolute Gasteiger partial charge is 0.481 e. The van der Waals surface area contributed by atoms with E-state index in [2.05, 4.69) is 21.9 Å². The van der Waals surface area contributed by atoms with Crippen LogP contribution in [0.3, 0.4) is 0 Å². The molecule has 2 aromatic rings. The van der Waals surface area contributed by atoms with E-state index >= 15 is 0 Å². The van der Waals surface area contributed by atoms with Crippen LogP contribution in [0.15, 0.2) is 59.1 Å². The molecule has 2 nitrogen and oxygen atoms in total. The van der Waals surface area contributed by atoms with Crippen LogP contribution in [0.2, 0.25) is 0 Å². The molecule has 0 heterocycles. The number of allylic oxidation sites excluding steroid dienone is 1. The fourth-order valence-corrected chi connectivity index (χ4v) is 1.95. The maximum atomic E-state index is 12.0. The first kappa shape index (κ1) is 15.1. The molecule has 0 bridgehead atoms. The second-order valence-corrected chi connectivity index (χ2v) is 5.18. The summed E-state index contributed by atoms with van der Waals surface area (Å²) in [5.41, 5.74) is 1.58. The molecule has 0 N–H and O–H groups in total. The normalized spacial score (nSPS) is 10.3. The van der Waals surface area contributed by atoms with Gasteiger partial charge >= 0.3 is 0 Å². The molecule has 0 aliphatic heterocycles. The van der Waals surface area contributed by atoms with E-state index in [4.69, 9.17) is 11.2 Å². The summed E-state index contributed by atoms with van der Waals surface area (Å²) in [6, 6.07) is 14.6. The monoisotopic (exact) mass is 340 g/mol. The van der Waals surface area contributed by atoms with Gasteiger partial charge in [0.1, 0.15) is 12.4 Å². The van der Waals surface area contributed by atoms with E-state index in [1.807, 2.05) is 36.4 Å². The number of hydrogen-bond acceptors (Lipinski definition) is 2. The molecule has 0 saturated carbocycles. The van der Waals surface area contributed by atoms with Gasteiger partial charge < -0.3 is 4.74 Å². The number of ether oxygens (including phenoxy) is 1. The molecule has 0 spiro atoms. The molecule has 2 rings (SSSR count). The van der Waals surface area contributed by atoms with Crippen molar-refractivity contribution in [2.45, 2.75) is 0 Å². The molecule has 0 unspecified atom stereocenters. The van der Waals surface area contributed by atoms with Gasteiger partial charge in [0.05, 0.1) is 0 Å². The Bertz CT molecular complexity index is 677. The fraction of sp³-hybridized carbons (Fsp3) is 0.0556. The first-order chi connectivity index (χ1) is 10.2. The maximum absolute atomic E-state index is 12.0. The highest BCUT2D eigenvalue weighted by molar-refractivity contribution is 9.10. The number of carbonyl (C=O) groups is 1. The average molecular weight is 341 g/mol. The Balaban J connectivity index is 2.02. The Morgan fingerprint density at radius 1 is 1.14 bits per heavy atom. The van der Waals surface area contributed by atoms with Crippen molar-refractivity contribution in [3.05, 3.63) is 70.2 Å². The number of benzene rings is 2. The van der Waals surface area contributed by atoms with Crippen molar-refractivity contribution in [3.63, 3.8) is 0 Å². The molecular weight excluding hydrogens is 328 g/mol. The van der Waals surface area contributed by atoms with Crippen molar-refractivity contribution in [1.29, 1.82) is 0 Å². The van der Waals surface area contributed by atoms with Crippen LogP contribution in [0.1, 0.15) is 15.9 Å². The number of terminal acetylenes is 1. The van der Waals surface area contributed by atoms with E-state index in [9.17, 15) is 4.79 Å². The van der Waals surface area contributed by atoms with Crippen LogP contribution in [0, 0.1) is 12.3 Å². The topological polar surface area (TPSA) is 26.3 Å². The second kappa shape index (κ2) is 7.47. The van der Waals surface area contributed by atoms with Gasteiger partial charge in [0.25, 0.3) is 0 Å². The Kier molecular flexibility index (Phi) is 5.36. The lowest BCUT2D eigenvalue weighted by Crippen LogP contribution is -1.94. The first-order valence-electron chi connectivity index (χ1n) is 6.33. The molecule has 0 radical (unpaired) electrons. The van der Waals surface area contributed by atoms with E-state index in [0.29, 0.717) is 11.3 Å². The van der Waals surface area contributed by atoms with Crippen molar-refractivity contribution in [2.24, 2.45) is 0 Å². The Labute approximate surface area is 132 Å². The highest BCUT2D eigenvalue weighted by Gasteiger charge is 2.01. The molecule has 0 atom stereocenters. The van der Waals surface area contributed by atoms with Crippen molar-refractivity contribution in [2.75, 3.05) is 6.61 Å². The number of halogens is 1. The molecule has 0 aliphatic carbocycles. The van der Waals surface area contributed by atoms with Gasteiger partial charge in [0, 0.05) is 10.0 Å². The molecule has 104 valence electrons. The molecule has 0 aliphatic rings. The first-order valence-corrected chi connectivity index (χ1v) is 7.12. The van der Waals surface area contributed by atoms with Crippen LogP contribution < -0.4 is 4.74 Å². The summed E-state index contributed by atoms with van der Waals surface area (Å²) in [7, 11) is 0. The Hall–Kier alpha value is -2.31. The minimum atomic E-state index is -0.0323. The molecule has 3 heteroatoms. The standard InChI is InChI=1S/C18H13BrO2/c1-2-13-21-17-10-3-14(4-11-17)5-12-18(20)15-6-8-16(19)9-7-15/h1,3-12H,13H2/b12-5+. The lowest BCUT2D eigenvalue weighted by atomic mass is 10.1. The van der Waals surface area contributed by atoms with Crippen LogP contribution in [0.5, 0.6) is 5.75 Å². The molecule has 0 amide bonds. The second-order valence-electron chi connectivity index (χ2n) is 4.27. The minimum Gasteiger partial charge on any atom is -0.481 e. The predicted octanol–water partition coefficient (Wildman–Crippen LogP) is 4.36. The van der Waals surface area contributed by atoms with Crippen molar-refractivity contribution < 1.29 is 9.53 Å². The number of carbonyl (C=O) groups excluding carboxylic acids is 1. The van der Waals surface area contributed by atoms with Crippen LogP contribution in [-0.2, 0) is 0 Å². The van der Waals surface area contributed by atoms with Gasteiger partial charge in [-0.1, -0.05) is 40.1 Å². The number of hydrogen-bond donors (Lipinski definition) is 0. The Morgan fingerprint density at radius 2 is 1.81 bits per heavy atom. The smallest absolute Gasteiger partial charge is 0.185 e. The van der Waals surface area contributed by atoms with Crippen LogP contribution in [0.4, 0.5) is 0 Å². The SMILES string of the molecule is C#CCOc1ccc(/C=C/C(=O)c2ccc(Br)cc2)cc1. The summed E-state index contributed by atoms with van der Waals surface area (Å²) < 4.78 is 6.23. The maximum Gasteiger partial charge on any atom is 0.185 e. The van der Waals surface area contributed by atoms with E-state index in [0.717, 1.165) is 10.0 Å². The molecule has 0 fully saturated rings. The van der Waals surface area contributed by atoms with Gasteiger partial charge in [-0.25, -0.2) is 0 Å². The quantitative estimate of drug-likeness (QED) is 0.459. The van der Waals surface area contributed by atoms with Crippen molar-refractivity contribution in [1.82, 2.24) is 0 Å². The third-order valence-corrected chi connectivity index (χ3v) is 3.29. The third kappa shape index (κ3) is 4.62. The summed E-state index contributed by atoms with van der Waals surface area (Å²) in [5.74, 6) is 3.09. The lowest BCUT2D eigenvalue weighted by Gasteiger charge is -2.01. The molecule has 0 aromatic heterocycles. The fourth-order valence-electron chi connectivity index (χ4n) is 1.68. The van der Waals surface area contributed by atoms with Crippen LogP contribution >= 0.6 is 15.9 Å². The van der Waals surface area contributed by atoms with Gasteiger partial charge in [0.15, 0.2) is 5.78 Å². The van der Waals surface area contributed by atoms with Gasteiger partial charge in [-0.3, -0.25) is 4.79 Å². The van der Waals surface area contributed by atoms with E-state index in [1.54, 1.807) is 24.3 Å². The zero-order chi connectivity index (χ0) is 15.1. The highest BCUT2D eigenvalue weighted by atomic mass is 79.9. The zero-order valence-corrected chi connectivity index (χ0v) is 12.8. The molecule has 21 heavy (non-hydrogen) atoms. The summed E-state index contributed by atoms with van der Waals surface area (Å²) in [4.78, 5) is 12.0. The summed E-state index contributed by atoms with van der Waals surface area (Å²) in [6.45, 7) is 0.247. The zero-order valence-electron chi connectivity index (χ0n) is 11.3. The third-order valence-electron chi connectivity index (χ3n) is 2.76. The van der Waals surface area contributed by atoms with Gasteiger partial charge in [0.2, 0.25) is 0 Å². The number of ketones is 1. The highest BCUT2D eigenvalue weighted by Crippen LogP contribution is 2.14. The van der Waals surface area contributed by atoms with Crippen LogP contribution in [0.25, 0.3) is 6.08 Å².